The van der Waals surface area contributed by atoms with Gasteiger partial charge in [-0.1, -0.05) is 38.8 Å². The van der Waals surface area contributed by atoms with E-state index in [-0.39, 0.29) is 6.10 Å². The van der Waals surface area contributed by atoms with Crippen LogP contribution in [0.5, 0.6) is 0 Å². The Hall–Kier alpha value is -0.300. The Morgan fingerprint density at radius 2 is 2.23 bits per heavy atom. The molecule has 1 heteroatoms. The lowest BCUT2D eigenvalue weighted by Gasteiger charge is -2.22. The Kier molecular flexibility index (Phi) is 3.98. The van der Waals surface area contributed by atoms with E-state index in [9.17, 15) is 5.11 Å². The molecule has 0 aliphatic heterocycles. The van der Waals surface area contributed by atoms with Gasteiger partial charge < -0.3 is 5.11 Å². The highest BCUT2D eigenvalue weighted by molar-refractivity contribution is 4.97. The quantitative estimate of drug-likeness (QED) is 0.662. The van der Waals surface area contributed by atoms with Crippen molar-refractivity contribution in [2.75, 3.05) is 0 Å². The summed E-state index contributed by atoms with van der Waals surface area (Å²) in [5, 5.41) is 9.96. The molecule has 0 amide bonds. The molecule has 3 atom stereocenters. The van der Waals surface area contributed by atoms with Gasteiger partial charge in [0.2, 0.25) is 0 Å². The van der Waals surface area contributed by atoms with E-state index >= 15 is 0 Å². The first kappa shape index (κ1) is 10.8. The second kappa shape index (κ2) is 4.80. The van der Waals surface area contributed by atoms with Gasteiger partial charge in [0.25, 0.3) is 0 Å². The van der Waals surface area contributed by atoms with E-state index in [1.807, 2.05) is 0 Å². The molecule has 0 heterocycles. The molecule has 0 aromatic heterocycles. The van der Waals surface area contributed by atoms with Gasteiger partial charge in [-0.2, -0.15) is 0 Å². The van der Waals surface area contributed by atoms with Gasteiger partial charge in [-0.15, -0.1) is 0 Å². The summed E-state index contributed by atoms with van der Waals surface area (Å²) in [6.45, 7) is 8.31. The van der Waals surface area contributed by atoms with Crippen LogP contribution in [0.3, 0.4) is 0 Å². The van der Waals surface area contributed by atoms with Gasteiger partial charge in [0.1, 0.15) is 0 Å². The van der Waals surface area contributed by atoms with E-state index in [4.69, 9.17) is 0 Å². The largest absolute Gasteiger partial charge is 0.392 e. The molecule has 1 fully saturated rings. The number of hydrogen-bond acceptors (Lipinski definition) is 1. The van der Waals surface area contributed by atoms with Crippen LogP contribution in [0.1, 0.15) is 46.0 Å². The molecular weight excluding hydrogens is 160 g/mol. The van der Waals surface area contributed by atoms with E-state index in [1.54, 1.807) is 0 Å². The molecule has 0 spiro atoms. The second-order valence-electron chi connectivity index (χ2n) is 4.45. The fourth-order valence-corrected chi connectivity index (χ4v) is 2.34. The molecular formula is C12H22O. The minimum atomic E-state index is -0.134. The molecule has 76 valence electrons. The smallest absolute Gasteiger partial charge is 0.0607 e. The van der Waals surface area contributed by atoms with Crippen molar-refractivity contribution in [3.63, 3.8) is 0 Å². The maximum absolute atomic E-state index is 9.96. The summed E-state index contributed by atoms with van der Waals surface area (Å²) in [6.07, 6.45) is 5.47. The first-order chi connectivity index (χ1) is 6.15. The Morgan fingerprint density at radius 1 is 1.54 bits per heavy atom. The summed E-state index contributed by atoms with van der Waals surface area (Å²) in [5.41, 5.74) is 1.19. The Morgan fingerprint density at radius 3 is 2.69 bits per heavy atom. The van der Waals surface area contributed by atoms with Crippen LogP contribution in [0.4, 0.5) is 0 Å². The van der Waals surface area contributed by atoms with Crippen LogP contribution >= 0.6 is 0 Å². The van der Waals surface area contributed by atoms with E-state index < -0.39 is 0 Å². The van der Waals surface area contributed by atoms with Gasteiger partial charge in [-0.05, 0) is 31.1 Å². The van der Waals surface area contributed by atoms with Crippen molar-refractivity contribution < 1.29 is 5.11 Å². The molecule has 3 unspecified atom stereocenters. The molecule has 1 saturated carbocycles. The van der Waals surface area contributed by atoms with E-state index in [0.29, 0.717) is 11.8 Å². The van der Waals surface area contributed by atoms with Gasteiger partial charge in [-0.25, -0.2) is 0 Å². The average Bonchev–Trinajstić information content (AvgIpc) is 2.51. The van der Waals surface area contributed by atoms with Crippen molar-refractivity contribution in [1.29, 1.82) is 0 Å². The molecule has 1 aliphatic carbocycles. The second-order valence-corrected chi connectivity index (χ2v) is 4.45. The fraction of sp³-hybridized carbons (Fsp3) is 0.833. The van der Waals surface area contributed by atoms with Gasteiger partial charge in [0.05, 0.1) is 6.10 Å². The number of aliphatic hydroxyl groups is 1. The zero-order valence-electron chi connectivity index (χ0n) is 8.92. The maximum atomic E-state index is 9.96. The van der Waals surface area contributed by atoms with Gasteiger partial charge in [-0.3, -0.25) is 0 Å². The summed E-state index contributed by atoms with van der Waals surface area (Å²) < 4.78 is 0. The van der Waals surface area contributed by atoms with E-state index in [1.165, 1.54) is 24.8 Å². The van der Waals surface area contributed by atoms with Crippen LogP contribution in [0.2, 0.25) is 0 Å². The molecule has 0 aromatic carbocycles. The fourth-order valence-electron chi connectivity index (χ4n) is 2.34. The van der Waals surface area contributed by atoms with E-state index in [0.717, 1.165) is 12.8 Å². The third-order valence-electron chi connectivity index (χ3n) is 3.42. The minimum Gasteiger partial charge on any atom is -0.392 e. The topological polar surface area (TPSA) is 20.2 Å². The van der Waals surface area contributed by atoms with Gasteiger partial charge >= 0.3 is 0 Å². The molecule has 13 heavy (non-hydrogen) atoms. The zero-order chi connectivity index (χ0) is 9.84. The van der Waals surface area contributed by atoms with E-state index in [2.05, 4.69) is 20.4 Å². The monoisotopic (exact) mass is 182 g/mol. The van der Waals surface area contributed by atoms with Crippen molar-refractivity contribution in [3.05, 3.63) is 12.2 Å². The molecule has 0 bridgehead atoms. The average molecular weight is 182 g/mol. The lowest BCUT2D eigenvalue weighted by atomic mass is 9.88. The lowest BCUT2D eigenvalue weighted by molar-refractivity contribution is 0.0896. The third kappa shape index (κ3) is 2.84. The summed E-state index contributed by atoms with van der Waals surface area (Å²) in [4.78, 5) is 0. The summed E-state index contributed by atoms with van der Waals surface area (Å²) in [7, 11) is 0. The Bertz CT molecular complexity index is 174. The van der Waals surface area contributed by atoms with Crippen molar-refractivity contribution in [2.45, 2.75) is 52.1 Å². The van der Waals surface area contributed by atoms with Gasteiger partial charge in [0.15, 0.2) is 0 Å². The third-order valence-corrected chi connectivity index (χ3v) is 3.42. The maximum Gasteiger partial charge on any atom is 0.0607 e. The predicted molar refractivity (Wildman–Crippen MR) is 56.6 cm³/mol. The molecule has 1 rings (SSSR count). The highest BCUT2D eigenvalue weighted by atomic mass is 16.3. The highest BCUT2D eigenvalue weighted by Gasteiger charge is 2.29. The number of hydrogen-bond donors (Lipinski definition) is 1. The summed E-state index contributed by atoms with van der Waals surface area (Å²) in [5.74, 6) is 1.24. The van der Waals surface area contributed by atoms with Gasteiger partial charge in [0, 0.05) is 0 Å². The first-order valence-corrected chi connectivity index (χ1v) is 5.49. The summed E-state index contributed by atoms with van der Waals surface area (Å²) >= 11 is 0. The van der Waals surface area contributed by atoms with Crippen LogP contribution in [-0.2, 0) is 0 Å². The predicted octanol–water partition coefficient (Wildman–Crippen LogP) is 3.14. The van der Waals surface area contributed by atoms with Crippen molar-refractivity contribution in [3.8, 4) is 0 Å². The molecule has 1 nitrogen and oxygen atoms in total. The Labute approximate surface area is 81.9 Å². The van der Waals surface area contributed by atoms with Crippen LogP contribution in [0.25, 0.3) is 0 Å². The van der Waals surface area contributed by atoms with Crippen molar-refractivity contribution >= 4 is 0 Å². The highest BCUT2D eigenvalue weighted by Crippen LogP contribution is 2.35. The summed E-state index contributed by atoms with van der Waals surface area (Å²) in [6, 6.07) is 0. The normalized spacial score (nSPS) is 30.4. The molecule has 1 N–H and O–H groups in total. The SMILES string of the molecule is C=C(CC)CC(O)C1CCCC1C. The first-order valence-electron chi connectivity index (χ1n) is 5.49. The van der Waals surface area contributed by atoms with Crippen LogP contribution < -0.4 is 0 Å². The molecule has 1 aliphatic rings. The van der Waals surface area contributed by atoms with Crippen LogP contribution in [-0.4, -0.2) is 11.2 Å². The Balaban J connectivity index is 2.38. The standard InChI is InChI=1S/C12H22O/c1-4-9(2)8-12(13)11-7-5-6-10(11)3/h10-13H,2,4-8H2,1,3H3. The van der Waals surface area contributed by atoms with Crippen molar-refractivity contribution in [1.82, 2.24) is 0 Å². The molecule has 0 aromatic rings. The van der Waals surface area contributed by atoms with Crippen molar-refractivity contribution in [2.24, 2.45) is 11.8 Å². The number of rotatable bonds is 4. The molecule has 0 saturated heterocycles. The lowest BCUT2D eigenvalue weighted by Crippen LogP contribution is -2.22. The van der Waals surface area contributed by atoms with Crippen LogP contribution in [0, 0.1) is 11.8 Å². The zero-order valence-corrected chi connectivity index (χ0v) is 8.92. The van der Waals surface area contributed by atoms with Crippen LogP contribution in [0.15, 0.2) is 12.2 Å². The minimum absolute atomic E-state index is 0.134. The molecule has 0 radical (unpaired) electrons. The number of aliphatic hydroxyl groups excluding tert-OH is 1.